The number of rotatable bonds is 1. The summed E-state index contributed by atoms with van der Waals surface area (Å²) in [5.41, 5.74) is 5.21. The molecular weight excluding hydrogens is 200 g/mol. The Morgan fingerprint density at radius 3 is 2.81 bits per heavy atom. The van der Waals surface area contributed by atoms with E-state index in [0.717, 1.165) is 30.6 Å². The number of amides is 1. The molecule has 2 aliphatic rings. The number of anilines is 1. The van der Waals surface area contributed by atoms with Crippen LogP contribution in [0.5, 0.6) is 0 Å². The summed E-state index contributed by atoms with van der Waals surface area (Å²) in [5, 5.41) is 1.67. The summed E-state index contributed by atoms with van der Waals surface area (Å²) < 4.78 is 0. The van der Waals surface area contributed by atoms with E-state index in [1.165, 1.54) is 0 Å². The van der Waals surface area contributed by atoms with Gasteiger partial charge in [-0.15, -0.1) is 0 Å². The van der Waals surface area contributed by atoms with Gasteiger partial charge in [-0.25, -0.2) is 5.01 Å². The summed E-state index contributed by atoms with van der Waals surface area (Å²) in [6.07, 6.45) is 5.31. The van der Waals surface area contributed by atoms with Gasteiger partial charge >= 0.3 is 0 Å². The molecule has 1 saturated heterocycles. The first kappa shape index (κ1) is 9.46. The van der Waals surface area contributed by atoms with Crippen molar-refractivity contribution in [1.29, 1.82) is 0 Å². The summed E-state index contributed by atoms with van der Waals surface area (Å²) in [5.74, 6) is 0.242. The second-order valence-corrected chi connectivity index (χ2v) is 4.26. The van der Waals surface area contributed by atoms with Crippen LogP contribution in [0.3, 0.4) is 0 Å². The number of para-hydroxylation sites is 1. The minimum atomic E-state index is 0.0638. The first-order chi connectivity index (χ1) is 7.86. The molecule has 3 heteroatoms. The highest BCUT2D eigenvalue weighted by atomic mass is 16.2. The Balaban J connectivity index is 1.92. The van der Waals surface area contributed by atoms with Gasteiger partial charge in [-0.05, 0) is 31.4 Å². The van der Waals surface area contributed by atoms with Gasteiger partial charge in [0.05, 0.1) is 11.6 Å². The summed E-state index contributed by atoms with van der Waals surface area (Å²) in [6.45, 7) is 0. The molecule has 3 rings (SSSR count). The van der Waals surface area contributed by atoms with Crippen LogP contribution in [-0.4, -0.2) is 5.91 Å². The fourth-order valence-corrected chi connectivity index (χ4v) is 2.37. The van der Waals surface area contributed by atoms with Crippen LogP contribution in [0.2, 0.25) is 0 Å². The lowest BCUT2D eigenvalue weighted by Gasteiger charge is -2.15. The van der Waals surface area contributed by atoms with Gasteiger partial charge in [0.15, 0.2) is 0 Å². The first-order valence-electron chi connectivity index (χ1n) is 5.72. The Morgan fingerprint density at radius 2 is 2.06 bits per heavy atom. The minimum absolute atomic E-state index is 0.0638. The predicted octanol–water partition coefficient (Wildman–Crippen LogP) is 2.22. The summed E-state index contributed by atoms with van der Waals surface area (Å²) >= 11 is 0. The van der Waals surface area contributed by atoms with Crippen LogP contribution in [0.1, 0.15) is 19.3 Å². The van der Waals surface area contributed by atoms with Gasteiger partial charge in [-0.3, -0.25) is 10.2 Å². The molecular formula is C13H14N2O. The maximum Gasteiger partial charge on any atom is 0.254 e. The quantitative estimate of drug-likeness (QED) is 0.777. The Morgan fingerprint density at radius 1 is 1.25 bits per heavy atom. The highest BCUT2D eigenvalue weighted by Gasteiger charge is 2.37. The Bertz CT molecular complexity index is 439. The second kappa shape index (κ2) is 3.67. The number of fused-ring (bicyclic) bond motifs is 1. The number of hydrogen-bond acceptors (Lipinski definition) is 2. The summed E-state index contributed by atoms with van der Waals surface area (Å²) in [6, 6.07) is 9.74. The predicted molar refractivity (Wildman–Crippen MR) is 62.5 cm³/mol. The molecule has 16 heavy (non-hydrogen) atoms. The molecule has 0 saturated carbocycles. The van der Waals surface area contributed by atoms with Crippen LogP contribution in [0.4, 0.5) is 5.69 Å². The number of carbonyl (C=O) groups excluding carboxylic acids is 1. The number of hydrazine groups is 1. The van der Waals surface area contributed by atoms with Gasteiger partial charge in [0, 0.05) is 5.70 Å². The standard InChI is InChI=1S/C13H14N2O/c16-13-11-8-4-5-9-12(11)14-15(13)10-6-2-1-3-7-10/h1-3,6-7,9,11,14H,4-5,8H2. The average molecular weight is 214 g/mol. The van der Waals surface area contributed by atoms with Gasteiger partial charge in [0.1, 0.15) is 0 Å². The monoisotopic (exact) mass is 214 g/mol. The Hall–Kier alpha value is -1.77. The number of nitrogens with zero attached hydrogens (tertiary/aromatic N) is 1. The molecule has 1 fully saturated rings. The van der Waals surface area contributed by atoms with Crippen LogP contribution >= 0.6 is 0 Å². The molecule has 0 radical (unpaired) electrons. The second-order valence-electron chi connectivity index (χ2n) is 4.26. The van der Waals surface area contributed by atoms with E-state index in [9.17, 15) is 4.79 Å². The molecule has 3 nitrogen and oxygen atoms in total. The smallest absolute Gasteiger partial charge is 0.254 e. The van der Waals surface area contributed by atoms with Crippen molar-refractivity contribution in [2.24, 2.45) is 5.92 Å². The largest absolute Gasteiger partial charge is 0.295 e. The highest BCUT2D eigenvalue weighted by Crippen LogP contribution is 2.31. The fourth-order valence-electron chi connectivity index (χ4n) is 2.37. The molecule has 0 bridgehead atoms. The van der Waals surface area contributed by atoms with Crippen LogP contribution in [-0.2, 0) is 4.79 Å². The number of benzene rings is 1. The lowest BCUT2D eigenvalue weighted by molar-refractivity contribution is -0.120. The number of nitrogens with one attached hydrogen (secondary N) is 1. The number of hydrogen-bond donors (Lipinski definition) is 1. The molecule has 1 unspecified atom stereocenters. The molecule has 1 aliphatic heterocycles. The van der Waals surface area contributed by atoms with E-state index < -0.39 is 0 Å². The average Bonchev–Trinajstić information content (AvgIpc) is 2.69. The van der Waals surface area contributed by atoms with Crippen molar-refractivity contribution in [3.05, 3.63) is 42.1 Å². The SMILES string of the molecule is O=C1C2CCCC=C2NN1c1ccccc1. The Labute approximate surface area is 94.7 Å². The first-order valence-corrected chi connectivity index (χ1v) is 5.72. The van der Waals surface area contributed by atoms with E-state index >= 15 is 0 Å². The number of carbonyl (C=O) groups is 1. The molecule has 1 heterocycles. The van der Waals surface area contributed by atoms with Gasteiger partial charge < -0.3 is 0 Å². The van der Waals surface area contributed by atoms with Gasteiger partial charge in [0.2, 0.25) is 0 Å². The Kier molecular flexibility index (Phi) is 2.17. The highest BCUT2D eigenvalue weighted by molar-refractivity contribution is 5.99. The fraction of sp³-hybridized carbons (Fsp3) is 0.308. The lowest BCUT2D eigenvalue weighted by atomic mass is 9.93. The van der Waals surface area contributed by atoms with Crippen molar-refractivity contribution in [3.63, 3.8) is 0 Å². The molecule has 1 aromatic rings. The molecule has 1 aromatic carbocycles. The third-order valence-corrected chi connectivity index (χ3v) is 3.21. The van der Waals surface area contributed by atoms with Gasteiger partial charge in [0.25, 0.3) is 5.91 Å². The maximum atomic E-state index is 12.2. The van der Waals surface area contributed by atoms with Crippen LogP contribution in [0.25, 0.3) is 0 Å². The molecule has 0 spiro atoms. The molecule has 82 valence electrons. The zero-order valence-electron chi connectivity index (χ0n) is 9.02. The van der Waals surface area contributed by atoms with Crippen molar-refractivity contribution in [3.8, 4) is 0 Å². The van der Waals surface area contributed by atoms with Crippen molar-refractivity contribution in [1.82, 2.24) is 5.43 Å². The molecule has 1 aliphatic carbocycles. The van der Waals surface area contributed by atoms with Crippen molar-refractivity contribution in [2.75, 3.05) is 5.01 Å². The zero-order valence-corrected chi connectivity index (χ0v) is 9.02. The third-order valence-electron chi connectivity index (χ3n) is 3.21. The van der Waals surface area contributed by atoms with E-state index in [1.54, 1.807) is 5.01 Å². The van der Waals surface area contributed by atoms with Crippen LogP contribution in [0.15, 0.2) is 42.1 Å². The number of allylic oxidation sites excluding steroid dienone is 1. The zero-order chi connectivity index (χ0) is 11.0. The minimum Gasteiger partial charge on any atom is -0.295 e. The topological polar surface area (TPSA) is 32.3 Å². The van der Waals surface area contributed by atoms with E-state index in [0.29, 0.717) is 0 Å². The summed E-state index contributed by atoms with van der Waals surface area (Å²) in [4.78, 5) is 12.2. The van der Waals surface area contributed by atoms with E-state index in [4.69, 9.17) is 0 Å². The maximum absolute atomic E-state index is 12.2. The van der Waals surface area contributed by atoms with Crippen LogP contribution < -0.4 is 10.4 Å². The third kappa shape index (κ3) is 1.40. The van der Waals surface area contributed by atoms with Crippen molar-refractivity contribution in [2.45, 2.75) is 19.3 Å². The summed E-state index contributed by atoms with van der Waals surface area (Å²) in [7, 11) is 0. The van der Waals surface area contributed by atoms with E-state index in [1.807, 2.05) is 30.3 Å². The van der Waals surface area contributed by atoms with Crippen LogP contribution in [0, 0.1) is 5.92 Å². The van der Waals surface area contributed by atoms with E-state index in [2.05, 4.69) is 11.5 Å². The van der Waals surface area contributed by atoms with Gasteiger partial charge in [-0.2, -0.15) is 0 Å². The van der Waals surface area contributed by atoms with Gasteiger partial charge in [-0.1, -0.05) is 24.3 Å². The van der Waals surface area contributed by atoms with Crippen molar-refractivity contribution < 1.29 is 4.79 Å². The van der Waals surface area contributed by atoms with Crippen molar-refractivity contribution >= 4 is 11.6 Å². The van der Waals surface area contributed by atoms with E-state index in [-0.39, 0.29) is 11.8 Å². The normalized spacial score (nSPS) is 23.8. The molecule has 1 atom stereocenters. The lowest BCUT2D eigenvalue weighted by Crippen LogP contribution is -2.34. The molecule has 1 N–H and O–H groups in total. The molecule has 1 amide bonds. The molecule has 0 aromatic heterocycles.